The van der Waals surface area contributed by atoms with Crippen molar-refractivity contribution in [3.05, 3.63) is 45.6 Å². The average molecular weight is 354 g/mol. The third-order valence-electron chi connectivity index (χ3n) is 5.33. The van der Waals surface area contributed by atoms with Gasteiger partial charge < -0.3 is 9.64 Å². The number of piperidine rings is 1. The van der Waals surface area contributed by atoms with Gasteiger partial charge in [0.25, 0.3) is 5.91 Å². The number of nitrogens with zero attached hydrogens (tertiary/aromatic N) is 3. The molecule has 0 saturated carbocycles. The third kappa shape index (κ3) is 2.38. The van der Waals surface area contributed by atoms with E-state index in [-0.39, 0.29) is 11.5 Å². The van der Waals surface area contributed by atoms with Crippen LogP contribution in [0.25, 0.3) is 11.0 Å². The molecule has 0 unspecified atom stereocenters. The van der Waals surface area contributed by atoms with Crippen LogP contribution >= 0.6 is 11.3 Å². The van der Waals surface area contributed by atoms with Gasteiger partial charge in [0.1, 0.15) is 16.6 Å². The molecule has 1 amide bonds. The minimum absolute atomic E-state index is 0.0574. The number of amides is 1. The van der Waals surface area contributed by atoms with Crippen molar-refractivity contribution in [1.29, 1.82) is 0 Å². The van der Waals surface area contributed by atoms with Crippen LogP contribution in [0.4, 0.5) is 0 Å². The average Bonchev–Trinajstić information content (AvgIpc) is 3.31. The van der Waals surface area contributed by atoms with Crippen molar-refractivity contribution in [2.45, 2.75) is 24.9 Å². The van der Waals surface area contributed by atoms with E-state index in [4.69, 9.17) is 4.74 Å². The molecule has 2 aliphatic rings. The van der Waals surface area contributed by atoms with Gasteiger partial charge in [-0.05, 0) is 54.5 Å². The fourth-order valence-electron chi connectivity index (χ4n) is 3.95. The number of aromatic nitrogens is 3. The van der Waals surface area contributed by atoms with Gasteiger partial charge in [0, 0.05) is 23.5 Å². The van der Waals surface area contributed by atoms with Crippen molar-refractivity contribution in [2.75, 3.05) is 19.7 Å². The molecule has 1 fully saturated rings. The van der Waals surface area contributed by atoms with E-state index in [1.54, 1.807) is 17.4 Å². The minimum Gasteiger partial charge on any atom is -0.369 e. The van der Waals surface area contributed by atoms with Crippen molar-refractivity contribution in [2.24, 2.45) is 0 Å². The van der Waals surface area contributed by atoms with Gasteiger partial charge >= 0.3 is 0 Å². The van der Waals surface area contributed by atoms with Crippen LogP contribution in [-0.2, 0) is 16.8 Å². The molecule has 2 aliphatic heterocycles. The number of H-pyrrole nitrogens is 1. The molecule has 25 heavy (non-hydrogen) atoms. The van der Waals surface area contributed by atoms with Crippen LogP contribution in [0.5, 0.6) is 0 Å². The maximum Gasteiger partial charge on any atom is 0.253 e. The Kier molecular flexibility index (Phi) is 3.39. The number of nitrogens with one attached hydrogen (secondary N) is 1. The highest BCUT2D eigenvalue weighted by Crippen LogP contribution is 2.44. The molecule has 3 aromatic rings. The number of carbonyl (C=O) groups excluding carboxylic acids is 1. The van der Waals surface area contributed by atoms with Gasteiger partial charge in [0.2, 0.25) is 0 Å². The second kappa shape index (κ2) is 5.64. The molecule has 1 saturated heterocycles. The standard InChI is InChI=1S/C18H18N4O2S/c23-17(13-1-2-14-15(11-13)20-21-19-14)22-7-5-18(6-8-22)16-12(3-9-24-18)4-10-25-16/h1-2,4,10-11H,3,5-9H2,(H,19,20,21). The van der Waals surface area contributed by atoms with Gasteiger partial charge in [0.15, 0.2) is 0 Å². The largest absolute Gasteiger partial charge is 0.369 e. The zero-order valence-corrected chi connectivity index (χ0v) is 14.5. The molecule has 0 aliphatic carbocycles. The summed E-state index contributed by atoms with van der Waals surface area (Å²) < 4.78 is 6.22. The summed E-state index contributed by atoms with van der Waals surface area (Å²) in [6.07, 6.45) is 2.72. The number of likely N-dealkylation sites (tertiary alicyclic amines) is 1. The molecule has 1 spiro atoms. The van der Waals surface area contributed by atoms with Crippen molar-refractivity contribution >= 4 is 28.3 Å². The third-order valence-corrected chi connectivity index (χ3v) is 6.47. The molecule has 1 N–H and O–H groups in total. The molecule has 128 valence electrons. The number of thiophene rings is 1. The number of carbonyl (C=O) groups is 1. The van der Waals surface area contributed by atoms with Gasteiger partial charge in [-0.3, -0.25) is 4.79 Å². The molecule has 1 aromatic carbocycles. The summed E-state index contributed by atoms with van der Waals surface area (Å²) in [6.45, 7) is 2.21. The van der Waals surface area contributed by atoms with Crippen LogP contribution in [-0.4, -0.2) is 45.9 Å². The van der Waals surface area contributed by atoms with Gasteiger partial charge in [0.05, 0.1) is 6.61 Å². The van der Waals surface area contributed by atoms with Crippen LogP contribution < -0.4 is 0 Å². The summed E-state index contributed by atoms with van der Waals surface area (Å²) in [6, 6.07) is 7.68. The summed E-state index contributed by atoms with van der Waals surface area (Å²) >= 11 is 1.79. The second-order valence-electron chi connectivity index (χ2n) is 6.69. The molecule has 4 heterocycles. The summed E-state index contributed by atoms with van der Waals surface area (Å²) in [7, 11) is 0. The molecule has 0 atom stereocenters. The van der Waals surface area contributed by atoms with Crippen LogP contribution in [0, 0.1) is 0 Å². The highest BCUT2D eigenvalue weighted by Gasteiger charge is 2.42. The lowest BCUT2D eigenvalue weighted by Gasteiger charge is -2.43. The fraction of sp³-hybridized carbons (Fsp3) is 0.389. The monoisotopic (exact) mass is 354 g/mol. The number of ether oxygens (including phenoxy) is 1. The summed E-state index contributed by atoms with van der Waals surface area (Å²) in [5.41, 5.74) is 3.40. The van der Waals surface area contributed by atoms with E-state index in [0.29, 0.717) is 18.7 Å². The van der Waals surface area contributed by atoms with Crippen molar-refractivity contribution in [3.8, 4) is 0 Å². The van der Waals surface area contributed by atoms with E-state index in [1.165, 1.54) is 10.4 Å². The van der Waals surface area contributed by atoms with Crippen LogP contribution in [0.1, 0.15) is 33.6 Å². The quantitative estimate of drug-likeness (QED) is 0.729. The van der Waals surface area contributed by atoms with E-state index < -0.39 is 0 Å². The Morgan fingerprint density at radius 1 is 1.20 bits per heavy atom. The first-order valence-corrected chi connectivity index (χ1v) is 9.44. The van der Waals surface area contributed by atoms with E-state index in [0.717, 1.165) is 36.9 Å². The SMILES string of the molecule is O=C(c1ccc2n[nH]nc2c1)N1CCC2(CC1)OCCc1ccsc12. The molecule has 2 aromatic heterocycles. The maximum atomic E-state index is 12.9. The summed E-state index contributed by atoms with van der Waals surface area (Å²) in [4.78, 5) is 16.2. The summed E-state index contributed by atoms with van der Waals surface area (Å²) in [5, 5.41) is 12.8. The number of rotatable bonds is 1. The first kappa shape index (κ1) is 15.0. The van der Waals surface area contributed by atoms with Gasteiger partial charge in [-0.25, -0.2) is 0 Å². The molecular weight excluding hydrogens is 336 g/mol. The molecule has 0 radical (unpaired) electrons. The predicted octanol–water partition coefficient (Wildman–Crippen LogP) is 2.72. The Labute approximate surface area is 148 Å². The maximum absolute atomic E-state index is 12.9. The Balaban J connectivity index is 1.36. The number of aromatic amines is 1. The number of benzene rings is 1. The molecule has 0 bridgehead atoms. The normalized spacial score (nSPS) is 19.3. The highest BCUT2D eigenvalue weighted by molar-refractivity contribution is 7.10. The van der Waals surface area contributed by atoms with Crippen LogP contribution in [0.15, 0.2) is 29.6 Å². The van der Waals surface area contributed by atoms with Gasteiger partial charge in [-0.1, -0.05) is 0 Å². The zero-order valence-electron chi connectivity index (χ0n) is 13.7. The number of hydrogen-bond acceptors (Lipinski definition) is 5. The smallest absolute Gasteiger partial charge is 0.253 e. The molecule has 7 heteroatoms. The first-order valence-electron chi connectivity index (χ1n) is 8.56. The Hall–Kier alpha value is -2.25. The topological polar surface area (TPSA) is 71.1 Å². The Bertz CT molecular complexity index is 939. The molecule has 5 rings (SSSR count). The lowest BCUT2D eigenvalue weighted by atomic mass is 9.85. The van der Waals surface area contributed by atoms with Crippen LogP contribution in [0.2, 0.25) is 0 Å². The van der Waals surface area contributed by atoms with E-state index in [9.17, 15) is 4.79 Å². The Morgan fingerprint density at radius 3 is 2.92 bits per heavy atom. The first-order chi connectivity index (χ1) is 12.3. The Morgan fingerprint density at radius 2 is 2.04 bits per heavy atom. The second-order valence-corrected chi connectivity index (χ2v) is 7.60. The molecule has 6 nitrogen and oxygen atoms in total. The van der Waals surface area contributed by atoms with E-state index in [1.807, 2.05) is 17.0 Å². The van der Waals surface area contributed by atoms with E-state index >= 15 is 0 Å². The number of fused-ring (bicyclic) bond motifs is 3. The van der Waals surface area contributed by atoms with Crippen molar-refractivity contribution in [1.82, 2.24) is 20.3 Å². The predicted molar refractivity (Wildman–Crippen MR) is 94.7 cm³/mol. The van der Waals surface area contributed by atoms with E-state index in [2.05, 4.69) is 26.9 Å². The van der Waals surface area contributed by atoms with Gasteiger partial charge in [-0.2, -0.15) is 15.4 Å². The van der Waals surface area contributed by atoms with Crippen molar-refractivity contribution < 1.29 is 9.53 Å². The zero-order chi connectivity index (χ0) is 16.9. The highest BCUT2D eigenvalue weighted by atomic mass is 32.1. The lowest BCUT2D eigenvalue weighted by Crippen LogP contribution is -2.47. The van der Waals surface area contributed by atoms with Crippen molar-refractivity contribution in [3.63, 3.8) is 0 Å². The van der Waals surface area contributed by atoms with Gasteiger partial charge in [-0.15, -0.1) is 11.3 Å². The molecular formula is C18H18N4O2S. The van der Waals surface area contributed by atoms with Crippen LogP contribution in [0.3, 0.4) is 0 Å². The summed E-state index contributed by atoms with van der Waals surface area (Å²) in [5.74, 6) is 0.0574. The number of hydrogen-bond donors (Lipinski definition) is 1. The lowest BCUT2D eigenvalue weighted by molar-refractivity contribution is -0.0906. The fourth-order valence-corrected chi connectivity index (χ4v) is 5.12. The minimum atomic E-state index is -0.186.